The summed E-state index contributed by atoms with van der Waals surface area (Å²) in [6.45, 7) is 0. The molecule has 1 atom stereocenters. The minimum atomic E-state index is -1.84. The number of hydrogen-bond donors (Lipinski definition) is 0. The van der Waals surface area contributed by atoms with E-state index in [9.17, 15) is 13.6 Å². The third kappa shape index (κ3) is 2.62. The topological polar surface area (TPSA) is 22.0 Å². The molecular weight excluding hydrogens is 260 g/mol. The highest BCUT2D eigenvalue weighted by Gasteiger charge is 2.21. The Bertz CT molecular complexity index is 779. The van der Waals surface area contributed by atoms with E-state index in [-0.39, 0.29) is 17.5 Å². The van der Waals surface area contributed by atoms with Crippen molar-refractivity contribution in [2.75, 3.05) is 0 Å². The van der Waals surface area contributed by atoms with Crippen LogP contribution >= 0.6 is 0 Å². The normalized spacial score (nSPS) is 14.2. The molecular formula is C16H13F2NO. The molecule has 4 heteroatoms. The van der Waals surface area contributed by atoms with E-state index >= 15 is 0 Å². The largest absolute Gasteiger partial charge is 0.318 e. The van der Waals surface area contributed by atoms with Gasteiger partial charge in [-0.1, -0.05) is 6.07 Å². The average molecular weight is 274 g/mol. The zero-order valence-electron chi connectivity index (χ0n) is 11.9. The SMILES string of the molecule is [2H]C(CC#C)(c1cc(F)ccc1F)c1cccn(C)c1=O. The molecule has 0 saturated heterocycles. The molecule has 0 saturated carbocycles. The van der Waals surface area contributed by atoms with Crippen LogP contribution < -0.4 is 5.56 Å². The van der Waals surface area contributed by atoms with Crippen LogP contribution in [0.5, 0.6) is 0 Å². The van der Waals surface area contributed by atoms with Gasteiger partial charge in [0.2, 0.25) is 0 Å². The summed E-state index contributed by atoms with van der Waals surface area (Å²) in [5, 5.41) is 0. The monoisotopic (exact) mass is 274 g/mol. The van der Waals surface area contributed by atoms with Gasteiger partial charge >= 0.3 is 0 Å². The average Bonchev–Trinajstić information content (AvgIpc) is 2.44. The van der Waals surface area contributed by atoms with Gasteiger partial charge in [0.25, 0.3) is 5.56 Å². The molecule has 0 radical (unpaired) electrons. The molecule has 0 amide bonds. The third-order valence-electron chi connectivity index (χ3n) is 2.98. The van der Waals surface area contributed by atoms with E-state index in [1.165, 1.54) is 23.9 Å². The predicted molar refractivity (Wildman–Crippen MR) is 73.3 cm³/mol. The molecule has 2 rings (SSSR count). The summed E-state index contributed by atoms with van der Waals surface area (Å²) in [5.74, 6) is -1.02. The molecule has 1 aromatic heterocycles. The first kappa shape index (κ1) is 12.6. The lowest BCUT2D eigenvalue weighted by Gasteiger charge is -2.16. The lowest BCUT2D eigenvalue weighted by atomic mass is 9.89. The van der Waals surface area contributed by atoms with Gasteiger partial charge < -0.3 is 4.57 Å². The van der Waals surface area contributed by atoms with Gasteiger partial charge in [0, 0.05) is 32.5 Å². The summed E-state index contributed by atoms with van der Waals surface area (Å²) in [5.41, 5.74) is -0.704. The van der Waals surface area contributed by atoms with Crippen LogP contribution in [0.15, 0.2) is 41.3 Å². The van der Waals surface area contributed by atoms with E-state index in [1.807, 2.05) is 0 Å². The Balaban J connectivity index is 2.77. The van der Waals surface area contributed by atoms with Crippen molar-refractivity contribution in [1.29, 1.82) is 0 Å². The van der Waals surface area contributed by atoms with Crippen molar-refractivity contribution < 1.29 is 10.2 Å². The van der Waals surface area contributed by atoms with Crippen molar-refractivity contribution >= 4 is 0 Å². The summed E-state index contributed by atoms with van der Waals surface area (Å²) in [7, 11) is 1.52. The lowest BCUT2D eigenvalue weighted by molar-refractivity contribution is 0.574. The number of nitrogens with zero attached hydrogens (tertiary/aromatic N) is 1. The molecule has 0 N–H and O–H groups in total. The van der Waals surface area contributed by atoms with Crippen molar-refractivity contribution in [1.82, 2.24) is 4.57 Å². The number of rotatable bonds is 3. The van der Waals surface area contributed by atoms with Crippen LogP contribution in [-0.4, -0.2) is 4.57 Å². The smallest absolute Gasteiger partial charge is 0.254 e. The van der Waals surface area contributed by atoms with Crippen molar-refractivity contribution in [3.8, 4) is 12.3 Å². The maximum atomic E-state index is 14.0. The fourth-order valence-electron chi connectivity index (χ4n) is 1.99. The highest BCUT2D eigenvalue weighted by molar-refractivity contribution is 5.34. The molecule has 0 bridgehead atoms. The second-order valence-corrected chi connectivity index (χ2v) is 4.32. The van der Waals surface area contributed by atoms with Crippen LogP contribution in [-0.2, 0) is 7.05 Å². The van der Waals surface area contributed by atoms with E-state index in [0.29, 0.717) is 0 Å². The first-order valence-electron chi connectivity index (χ1n) is 6.45. The first-order valence-corrected chi connectivity index (χ1v) is 5.95. The van der Waals surface area contributed by atoms with Gasteiger partial charge in [-0.2, -0.15) is 0 Å². The van der Waals surface area contributed by atoms with Gasteiger partial charge in [0.1, 0.15) is 11.6 Å². The van der Waals surface area contributed by atoms with E-state index < -0.39 is 23.1 Å². The molecule has 20 heavy (non-hydrogen) atoms. The Morgan fingerprint density at radius 2 is 2.15 bits per heavy atom. The maximum absolute atomic E-state index is 14.0. The Kier molecular flexibility index (Phi) is 3.60. The molecule has 0 aliphatic rings. The van der Waals surface area contributed by atoms with Crippen LogP contribution in [0, 0.1) is 24.0 Å². The Morgan fingerprint density at radius 1 is 1.40 bits per heavy atom. The van der Waals surface area contributed by atoms with Crippen LogP contribution in [0.2, 0.25) is 0 Å². The highest BCUT2D eigenvalue weighted by Crippen LogP contribution is 2.28. The summed E-state index contributed by atoms with van der Waals surface area (Å²) in [4.78, 5) is 12.2. The Hall–Kier alpha value is -2.41. The molecule has 1 heterocycles. The lowest BCUT2D eigenvalue weighted by Crippen LogP contribution is -2.23. The fraction of sp³-hybridized carbons (Fsp3) is 0.188. The number of hydrogen-bond acceptors (Lipinski definition) is 1. The molecule has 2 aromatic rings. The molecule has 1 unspecified atom stereocenters. The number of aryl methyl sites for hydroxylation is 1. The van der Waals surface area contributed by atoms with Crippen molar-refractivity contribution in [2.24, 2.45) is 7.05 Å². The van der Waals surface area contributed by atoms with Gasteiger partial charge in [-0.25, -0.2) is 8.78 Å². The van der Waals surface area contributed by atoms with Gasteiger partial charge in [-0.3, -0.25) is 4.79 Å². The number of benzene rings is 1. The van der Waals surface area contributed by atoms with Crippen LogP contribution in [0.3, 0.4) is 0 Å². The van der Waals surface area contributed by atoms with Gasteiger partial charge in [0.05, 0.1) is 0 Å². The summed E-state index contributed by atoms with van der Waals surface area (Å²) in [6, 6.07) is 5.77. The zero-order valence-corrected chi connectivity index (χ0v) is 10.9. The van der Waals surface area contributed by atoms with E-state index in [0.717, 1.165) is 18.2 Å². The van der Waals surface area contributed by atoms with Crippen molar-refractivity contribution in [2.45, 2.75) is 12.3 Å². The van der Waals surface area contributed by atoms with Crippen LogP contribution in [0.1, 0.15) is 24.8 Å². The van der Waals surface area contributed by atoms with E-state index in [2.05, 4.69) is 5.92 Å². The molecule has 2 nitrogen and oxygen atoms in total. The molecule has 0 aliphatic carbocycles. The second-order valence-electron chi connectivity index (χ2n) is 4.32. The second kappa shape index (κ2) is 5.70. The number of pyridine rings is 1. The summed E-state index contributed by atoms with van der Waals surface area (Å²) >= 11 is 0. The Labute approximate surface area is 117 Å². The zero-order chi connectivity index (χ0) is 15.6. The molecule has 1 aromatic carbocycles. The highest BCUT2D eigenvalue weighted by atomic mass is 19.1. The first-order chi connectivity index (χ1) is 9.90. The van der Waals surface area contributed by atoms with Crippen molar-refractivity contribution in [3.05, 3.63) is 69.6 Å². The minimum absolute atomic E-state index is 0.00921. The van der Waals surface area contributed by atoms with Crippen molar-refractivity contribution in [3.63, 3.8) is 0 Å². The minimum Gasteiger partial charge on any atom is -0.318 e. The number of terminal acetylenes is 1. The summed E-state index contributed by atoms with van der Waals surface area (Å²) in [6.07, 6.45) is 6.55. The van der Waals surface area contributed by atoms with E-state index in [1.54, 1.807) is 6.07 Å². The number of halogens is 2. The fourth-order valence-corrected chi connectivity index (χ4v) is 1.99. The molecule has 102 valence electrons. The quantitative estimate of drug-likeness (QED) is 0.789. The van der Waals surface area contributed by atoms with Crippen LogP contribution in [0.4, 0.5) is 8.78 Å². The molecule has 0 spiro atoms. The van der Waals surface area contributed by atoms with Gasteiger partial charge in [-0.15, -0.1) is 12.3 Å². The maximum Gasteiger partial charge on any atom is 0.254 e. The predicted octanol–water partition coefficient (Wildman–Crippen LogP) is 2.82. The van der Waals surface area contributed by atoms with Crippen LogP contribution in [0.25, 0.3) is 0 Å². The number of aromatic nitrogens is 1. The van der Waals surface area contributed by atoms with Gasteiger partial charge in [0.15, 0.2) is 0 Å². The third-order valence-corrected chi connectivity index (χ3v) is 2.98. The van der Waals surface area contributed by atoms with E-state index in [4.69, 9.17) is 7.79 Å². The summed E-state index contributed by atoms with van der Waals surface area (Å²) < 4.78 is 37.3. The molecule has 0 fully saturated rings. The molecule has 0 aliphatic heterocycles. The standard InChI is InChI=1S/C16H13F2NO/c1-3-5-12(13-6-4-9-19(2)16(13)20)14-10-11(17)7-8-15(14)18/h1,4,6-10,12H,5H2,2H3/i12D. The van der Waals surface area contributed by atoms with Gasteiger partial charge in [-0.05, 0) is 29.8 Å². The Morgan fingerprint density at radius 3 is 2.85 bits per heavy atom.